The molecular formula is C14H23BrN4. The first-order valence-electron chi connectivity index (χ1n) is 6.97. The molecular weight excluding hydrogens is 304 g/mol. The quantitative estimate of drug-likeness (QED) is 0.893. The smallest absolute Gasteiger partial charge is 0.0602 e. The van der Waals surface area contributed by atoms with E-state index >= 15 is 0 Å². The van der Waals surface area contributed by atoms with Gasteiger partial charge in [-0.15, -0.1) is 0 Å². The van der Waals surface area contributed by atoms with E-state index < -0.39 is 0 Å². The van der Waals surface area contributed by atoms with E-state index in [0.717, 1.165) is 10.0 Å². The molecule has 0 aliphatic carbocycles. The van der Waals surface area contributed by atoms with Gasteiger partial charge in [-0.05, 0) is 54.2 Å². The Hall–Kier alpha value is -0.490. The topological polar surface area (TPSA) is 54.2 Å². The molecule has 106 valence electrons. The molecule has 3 atom stereocenters. The second-order valence-corrected chi connectivity index (χ2v) is 6.31. The summed E-state index contributed by atoms with van der Waals surface area (Å²) in [4.78, 5) is 4.22. The Balaban J connectivity index is 2.10. The molecule has 0 spiro atoms. The first-order valence-corrected chi connectivity index (χ1v) is 7.76. The SMILES string of the molecule is CC1CCCC(C)N1NC(CN)c1cncc(Br)c1. The summed E-state index contributed by atoms with van der Waals surface area (Å²) in [7, 11) is 0. The van der Waals surface area contributed by atoms with Crippen molar-refractivity contribution < 1.29 is 0 Å². The average molecular weight is 327 g/mol. The summed E-state index contributed by atoms with van der Waals surface area (Å²) in [6.45, 7) is 5.11. The van der Waals surface area contributed by atoms with Gasteiger partial charge in [0.15, 0.2) is 0 Å². The highest BCUT2D eigenvalue weighted by Gasteiger charge is 2.26. The molecule has 1 aromatic rings. The third-order valence-electron chi connectivity index (χ3n) is 3.86. The number of nitrogens with two attached hydrogens (primary N) is 1. The molecule has 3 unspecified atom stereocenters. The monoisotopic (exact) mass is 326 g/mol. The molecule has 0 amide bonds. The van der Waals surface area contributed by atoms with Crippen molar-refractivity contribution >= 4 is 15.9 Å². The summed E-state index contributed by atoms with van der Waals surface area (Å²) in [6.07, 6.45) is 7.47. The Morgan fingerprint density at radius 2 is 2.11 bits per heavy atom. The number of hydrazine groups is 1. The Labute approximate surface area is 123 Å². The molecule has 0 bridgehead atoms. The Morgan fingerprint density at radius 1 is 1.42 bits per heavy atom. The molecule has 0 radical (unpaired) electrons. The number of pyridine rings is 1. The lowest BCUT2D eigenvalue weighted by atomic mass is 9.99. The van der Waals surface area contributed by atoms with Crippen LogP contribution in [0.3, 0.4) is 0 Å². The van der Waals surface area contributed by atoms with Crippen molar-refractivity contribution in [3.05, 3.63) is 28.5 Å². The molecule has 3 N–H and O–H groups in total. The minimum absolute atomic E-state index is 0.119. The fourth-order valence-electron chi connectivity index (χ4n) is 2.74. The molecule has 19 heavy (non-hydrogen) atoms. The van der Waals surface area contributed by atoms with E-state index in [0.29, 0.717) is 18.6 Å². The zero-order valence-corrected chi connectivity index (χ0v) is 13.2. The number of hydrogen-bond acceptors (Lipinski definition) is 4. The molecule has 1 aliphatic heterocycles. The van der Waals surface area contributed by atoms with Crippen molar-refractivity contribution in [2.24, 2.45) is 5.73 Å². The Bertz CT molecular complexity index is 402. The molecule has 4 nitrogen and oxygen atoms in total. The Morgan fingerprint density at radius 3 is 2.68 bits per heavy atom. The highest BCUT2D eigenvalue weighted by atomic mass is 79.9. The maximum absolute atomic E-state index is 5.93. The zero-order chi connectivity index (χ0) is 13.8. The summed E-state index contributed by atoms with van der Waals surface area (Å²) >= 11 is 3.46. The van der Waals surface area contributed by atoms with E-state index in [1.807, 2.05) is 6.20 Å². The predicted molar refractivity (Wildman–Crippen MR) is 81.5 cm³/mol. The van der Waals surface area contributed by atoms with Crippen molar-refractivity contribution in [1.29, 1.82) is 0 Å². The molecule has 2 rings (SSSR count). The number of piperidine rings is 1. The van der Waals surface area contributed by atoms with Gasteiger partial charge in [-0.3, -0.25) is 4.98 Å². The fraction of sp³-hybridized carbons (Fsp3) is 0.643. The number of nitrogens with one attached hydrogen (secondary N) is 1. The van der Waals surface area contributed by atoms with Crippen molar-refractivity contribution in [2.45, 2.75) is 51.2 Å². The largest absolute Gasteiger partial charge is 0.329 e. The second-order valence-electron chi connectivity index (χ2n) is 5.39. The minimum atomic E-state index is 0.119. The van der Waals surface area contributed by atoms with Gasteiger partial charge in [-0.25, -0.2) is 10.4 Å². The van der Waals surface area contributed by atoms with Crippen LogP contribution in [-0.2, 0) is 0 Å². The predicted octanol–water partition coefficient (Wildman–Crippen LogP) is 2.61. The number of aromatic nitrogens is 1. The van der Waals surface area contributed by atoms with Crippen LogP contribution in [0.15, 0.2) is 22.9 Å². The molecule has 5 heteroatoms. The van der Waals surface area contributed by atoms with Gasteiger partial charge >= 0.3 is 0 Å². The molecule has 1 aromatic heterocycles. The summed E-state index contributed by atoms with van der Waals surface area (Å²) in [5, 5.41) is 2.36. The number of rotatable bonds is 4. The van der Waals surface area contributed by atoms with E-state index in [2.05, 4.69) is 51.3 Å². The highest BCUT2D eigenvalue weighted by molar-refractivity contribution is 9.10. The van der Waals surface area contributed by atoms with E-state index in [9.17, 15) is 0 Å². The van der Waals surface area contributed by atoms with Gasteiger partial charge in [-0.1, -0.05) is 6.42 Å². The first kappa shape index (κ1) is 14.9. The fourth-order valence-corrected chi connectivity index (χ4v) is 3.12. The van der Waals surface area contributed by atoms with Gasteiger partial charge in [-0.2, -0.15) is 0 Å². The van der Waals surface area contributed by atoms with Crippen LogP contribution in [0.5, 0.6) is 0 Å². The van der Waals surface area contributed by atoms with Crippen LogP contribution < -0.4 is 11.2 Å². The van der Waals surface area contributed by atoms with Crippen LogP contribution in [0.2, 0.25) is 0 Å². The van der Waals surface area contributed by atoms with Crippen LogP contribution in [0.1, 0.15) is 44.7 Å². The van der Waals surface area contributed by atoms with Gasteiger partial charge in [0.05, 0.1) is 6.04 Å². The first-order chi connectivity index (χ1) is 9.11. The third-order valence-corrected chi connectivity index (χ3v) is 4.30. The number of halogens is 1. The normalized spacial score (nSPS) is 26.3. The average Bonchev–Trinajstić information content (AvgIpc) is 2.38. The zero-order valence-electron chi connectivity index (χ0n) is 11.6. The molecule has 0 aromatic carbocycles. The van der Waals surface area contributed by atoms with Crippen molar-refractivity contribution in [2.75, 3.05) is 6.54 Å². The second kappa shape index (κ2) is 6.79. The molecule has 1 fully saturated rings. The summed E-state index contributed by atoms with van der Waals surface area (Å²) < 4.78 is 0.991. The summed E-state index contributed by atoms with van der Waals surface area (Å²) in [5.41, 5.74) is 10.7. The molecule has 2 heterocycles. The van der Waals surface area contributed by atoms with E-state index in [4.69, 9.17) is 5.73 Å². The minimum Gasteiger partial charge on any atom is -0.329 e. The lowest BCUT2D eigenvalue weighted by molar-refractivity contribution is 0.0304. The van der Waals surface area contributed by atoms with Gasteiger partial charge in [0.1, 0.15) is 0 Å². The van der Waals surface area contributed by atoms with E-state index in [1.54, 1.807) is 6.20 Å². The van der Waals surface area contributed by atoms with E-state index in [1.165, 1.54) is 19.3 Å². The maximum Gasteiger partial charge on any atom is 0.0602 e. The third kappa shape index (κ3) is 3.75. The van der Waals surface area contributed by atoms with Crippen LogP contribution in [0.4, 0.5) is 0 Å². The summed E-state index contributed by atoms with van der Waals surface area (Å²) in [6, 6.07) is 3.31. The number of nitrogens with zero attached hydrogens (tertiary/aromatic N) is 2. The van der Waals surface area contributed by atoms with E-state index in [-0.39, 0.29) is 6.04 Å². The molecule has 1 saturated heterocycles. The van der Waals surface area contributed by atoms with Crippen molar-refractivity contribution in [3.8, 4) is 0 Å². The van der Waals surface area contributed by atoms with Gasteiger partial charge < -0.3 is 5.73 Å². The standard InChI is InChI=1S/C14H23BrN4/c1-10-4-3-5-11(2)19(10)18-14(7-16)12-6-13(15)9-17-8-12/h6,8-11,14,18H,3-5,7,16H2,1-2H3. The Kier molecular flexibility index (Phi) is 5.33. The lowest BCUT2D eigenvalue weighted by Crippen LogP contribution is -2.54. The molecule has 0 saturated carbocycles. The summed E-state index contributed by atoms with van der Waals surface area (Å²) in [5.74, 6) is 0. The van der Waals surface area contributed by atoms with Gasteiger partial charge in [0, 0.05) is 35.5 Å². The van der Waals surface area contributed by atoms with Crippen molar-refractivity contribution in [3.63, 3.8) is 0 Å². The maximum atomic E-state index is 5.93. The number of hydrogen-bond donors (Lipinski definition) is 2. The lowest BCUT2D eigenvalue weighted by Gasteiger charge is -2.41. The van der Waals surface area contributed by atoms with Crippen LogP contribution in [0.25, 0.3) is 0 Å². The molecule has 1 aliphatic rings. The van der Waals surface area contributed by atoms with Gasteiger partial charge in [0.25, 0.3) is 0 Å². The van der Waals surface area contributed by atoms with Gasteiger partial charge in [0.2, 0.25) is 0 Å². The van der Waals surface area contributed by atoms with Crippen LogP contribution in [0, 0.1) is 0 Å². The van der Waals surface area contributed by atoms with Crippen LogP contribution in [-0.4, -0.2) is 28.6 Å². The highest BCUT2D eigenvalue weighted by Crippen LogP contribution is 2.23. The van der Waals surface area contributed by atoms with Crippen molar-refractivity contribution in [1.82, 2.24) is 15.4 Å². The van der Waals surface area contributed by atoms with Crippen LogP contribution >= 0.6 is 15.9 Å².